The number of carbonyl (C=O) groups is 2. The summed E-state index contributed by atoms with van der Waals surface area (Å²) >= 11 is 0. The van der Waals surface area contributed by atoms with Crippen LogP contribution in [0.25, 0.3) is 0 Å². The maximum atomic E-state index is 11.5. The van der Waals surface area contributed by atoms with Crippen LogP contribution in [0.5, 0.6) is 11.5 Å². The van der Waals surface area contributed by atoms with E-state index in [1.54, 1.807) is 6.92 Å². The summed E-state index contributed by atoms with van der Waals surface area (Å²) in [5, 5.41) is 10.7. The first-order valence-corrected chi connectivity index (χ1v) is 5.91. The lowest BCUT2D eigenvalue weighted by Gasteiger charge is -2.16. The van der Waals surface area contributed by atoms with Gasteiger partial charge in [0.15, 0.2) is 17.6 Å². The molecular formula is C13H15N3O4. The van der Waals surface area contributed by atoms with Gasteiger partial charge in [-0.15, -0.1) is 0 Å². The Kier molecular flexibility index (Phi) is 5.35. The van der Waals surface area contributed by atoms with Crippen LogP contribution >= 0.6 is 0 Å². The highest BCUT2D eigenvalue weighted by atomic mass is 16.5. The second-order valence-electron chi connectivity index (χ2n) is 3.82. The third-order valence-electron chi connectivity index (χ3n) is 2.29. The molecule has 0 aliphatic carbocycles. The lowest BCUT2D eigenvalue weighted by molar-refractivity contribution is -0.126. The number of nitrogens with one attached hydrogen (secondary N) is 1. The topological polar surface area (TPSA) is 114 Å². The van der Waals surface area contributed by atoms with Crippen molar-refractivity contribution in [2.45, 2.75) is 20.0 Å². The summed E-state index contributed by atoms with van der Waals surface area (Å²) in [7, 11) is 0. The van der Waals surface area contributed by atoms with Gasteiger partial charge in [-0.05, 0) is 26.0 Å². The minimum absolute atomic E-state index is 0.304. The second kappa shape index (κ2) is 6.99. The molecule has 1 unspecified atom stereocenters. The molecule has 3 amide bonds. The van der Waals surface area contributed by atoms with E-state index in [1.165, 1.54) is 25.1 Å². The van der Waals surface area contributed by atoms with Gasteiger partial charge in [0.25, 0.3) is 5.91 Å². The summed E-state index contributed by atoms with van der Waals surface area (Å²) in [6.07, 6.45) is -0.936. The fourth-order valence-corrected chi connectivity index (χ4v) is 1.41. The molecule has 106 valence electrons. The van der Waals surface area contributed by atoms with Crippen LogP contribution in [0.2, 0.25) is 0 Å². The highest BCUT2D eigenvalue weighted by Crippen LogP contribution is 2.29. The van der Waals surface area contributed by atoms with Crippen LogP contribution in [-0.4, -0.2) is 24.6 Å². The minimum atomic E-state index is -0.949. The standard InChI is InChI=1S/C13H15N3O4/c1-3-19-11-6-9(7-14)4-5-10(11)20-8(2)12(17)16-13(15)18/h4-6,8H,3H2,1-2H3,(H3,15,16,17,18). The Labute approximate surface area is 116 Å². The summed E-state index contributed by atoms with van der Waals surface area (Å²) in [5.74, 6) is -0.00689. The number of nitrogens with zero attached hydrogens (tertiary/aromatic N) is 1. The van der Waals surface area contributed by atoms with Crippen molar-refractivity contribution in [3.05, 3.63) is 23.8 Å². The molecule has 1 aromatic carbocycles. The van der Waals surface area contributed by atoms with Crippen molar-refractivity contribution in [1.29, 1.82) is 5.26 Å². The molecule has 0 aromatic heterocycles. The second-order valence-corrected chi connectivity index (χ2v) is 3.82. The highest BCUT2D eigenvalue weighted by Gasteiger charge is 2.18. The van der Waals surface area contributed by atoms with Gasteiger partial charge in [-0.25, -0.2) is 4.79 Å². The van der Waals surface area contributed by atoms with Gasteiger partial charge in [0.2, 0.25) is 0 Å². The Morgan fingerprint density at radius 3 is 2.70 bits per heavy atom. The zero-order valence-electron chi connectivity index (χ0n) is 11.2. The smallest absolute Gasteiger partial charge is 0.318 e. The SMILES string of the molecule is CCOc1cc(C#N)ccc1OC(C)C(=O)NC(N)=O. The molecule has 1 atom stereocenters. The van der Waals surface area contributed by atoms with Gasteiger partial charge < -0.3 is 15.2 Å². The Morgan fingerprint density at radius 1 is 1.45 bits per heavy atom. The van der Waals surface area contributed by atoms with E-state index >= 15 is 0 Å². The van der Waals surface area contributed by atoms with Crippen LogP contribution < -0.4 is 20.5 Å². The molecule has 0 heterocycles. The predicted molar refractivity (Wildman–Crippen MR) is 70.1 cm³/mol. The summed E-state index contributed by atoms with van der Waals surface area (Å²) in [6, 6.07) is 5.61. The molecule has 0 radical (unpaired) electrons. The number of nitrogens with two attached hydrogens (primary N) is 1. The first-order valence-electron chi connectivity index (χ1n) is 5.91. The average Bonchev–Trinajstić information content (AvgIpc) is 2.40. The quantitative estimate of drug-likeness (QED) is 0.830. The molecule has 7 nitrogen and oxygen atoms in total. The fourth-order valence-electron chi connectivity index (χ4n) is 1.41. The van der Waals surface area contributed by atoms with Gasteiger partial charge in [0.05, 0.1) is 18.2 Å². The molecule has 0 fully saturated rings. The molecule has 0 bridgehead atoms. The largest absolute Gasteiger partial charge is 0.490 e. The first kappa shape index (κ1) is 15.3. The van der Waals surface area contributed by atoms with Crippen molar-refractivity contribution in [3.63, 3.8) is 0 Å². The molecule has 0 spiro atoms. The Bertz CT molecular complexity index is 551. The van der Waals surface area contributed by atoms with E-state index in [4.69, 9.17) is 20.5 Å². The fraction of sp³-hybridized carbons (Fsp3) is 0.308. The Morgan fingerprint density at radius 2 is 2.15 bits per heavy atom. The Balaban J connectivity index is 2.88. The summed E-state index contributed by atoms with van der Waals surface area (Å²) in [5.41, 5.74) is 5.26. The van der Waals surface area contributed by atoms with Gasteiger partial charge in [0, 0.05) is 6.07 Å². The van der Waals surface area contributed by atoms with Gasteiger partial charge >= 0.3 is 6.03 Å². The number of hydrogen-bond acceptors (Lipinski definition) is 5. The molecule has 1 rings (SSSR count). The van der Waals surface area contributed by atoms with Crippen molar-refractivity contribution in [2.24, 2.45) is 5.73 Å². The van der Waals surface area contributed by atoms with Crippen molar-refractivity contribution in [1.82, 2.24) is 5.32 Å². The summed E-state index contributed by atoms with van der Waals surface area (Å²) in [6.45, 7) is 3.63. The zero-order chi connectivity index (χ0) is 15.1. The Hall–Kier alpha value is -2.75. The van der Waals surface area contributed by atoms with E-state index in [0.29, 0.717) is 23.7 Å². The number of carbonyl (C=O) groups excluding carboxylic acids is 2. The van der Waals surface area contributed by atoms with E-state index in [-0.39, 0.29) is 0 Å². The highest BCUT2D eigenvalue weighted by molar-refractivity contribution is 5.95. The molecule has 0 aliphatic heterocycles. The van der Waals surface area contributed by atoms with Crippen LogP contribution in [0.15, 0.2) is 18.2 Å². The van der Waals surface area contributed by atoms with Crippen molar-refractivity contribution < 1.29 is 19.1 Å². The molecule has 3 N–H and O–H groups in total. The van der Waals surface area contributed by atoms with Crippen LogP contribution in [0.4, 0.5) is 4.79 Å². The normalized spacial score (nSPS) is 11.1. The average molecular weight is 277 g/mol. The van der Waals surface area contributed by atoms with Crippen LogP contribution in [0, 0.1) is 11.3 Å². The van der Waals surface area contributed by atoms with E-state index in [0.717, 1.165) is 0 Å². The van der Waals surface area contributed by atoms with Crippen LogP contribution in [0.1, 0.15) is 19.4 Å². The number of primary amides is 1. The number of urea groups is 1. The molecule has 20 heavy (non-hydrogen) atoms. The molecular weight excluding hydrogens is 262 g/mol. The number of benzene rings is 1. The van der Waals surface area contributed by atoms with Gasteiger partial charge in [-0.2, -0.15) is 5.26 Å². The predicted octanol–water partition coefficient (Wildman–Crippen LogP) is 0.919. The minimum Gasteiger partial charge on any atom is -0.490 e. The number of ether oxygens (including phenoxy) is 2. The monoisotopic (exact) mass is 277 g/mol. The van der Waals surface area contributed by atoms with Gasteiger partial charge in [-0.3, -0.25) is 10.1 Å². The lowest BCUT2D eigenvalue weighted by Crippen LogP contribution is -2.42. The van der Waals surface area contributed by atoms with E-state index in [2.05, 4.69) is 0 Å². The third kappa shape index (κ3) is 4.17. The number of rotatable bonds is 5. The first-order chi connectivity index (χ1) is 9.47. The number of amides is 3. The summed E-state index contributed by atoms with van der Waals surface area (Å²) in [4.78, 5) is 22.1. The summed E-state index contributed by atoms with van der Waals surface area (Å²) < 4.78 is 10.7. The maximum absolute atomic E-state index is 11.5. The zero-order valence-corrected chi connectivity index (χ0v) is 11.2. The van der Waals surface area contributed by atoms with Crippen LogP contribution in [0.3, 0.4) is 0 Å². The van der Waals surface area contributed by atoms with Crippen molar-refractivity contribution in [3.8, 4) is 17.6 Å². The van der Waals surface area contributed by atoms with E-state index in [1.807, 2.05) is 11.4 Å². The molecule has 0 saturated heterocycles. The van der Waals surface area contributed by atoms with Gasteiger partial charge in [0.1, 0.15) is 0 Å². The molecule has 1 aromatic rings. The number of imide groups is 1. The molecule has 7 heteroatoms. The van der Waals surface area contributed by atoms with Crippen molar-refractivity contribution >= 4 is 11.9 Å². The molecule has 0 saturated carbocycles. The molecule has 0 aliphatic rings. The van der Waals surface area contributed by atoms with Gasteiger partial charge in [-0.1, -0.05) is 0 Å². The van der Waals surface area contributed by atoms with E-state index in [9.17, 15) is 9.59 Å². The number of nitriles is 1. The lowest BCUT2D eigenvalue weighted by atomic mass is 10.2. The van der Waals surface area contributed by atoms with E-state index < -0.39 is 18.0 Å². The van der Waals surface area contributed by atoms with Crippen molar-refractivity contribution in [2.75, 3.05) is 6.61 Å². The van der Waals surface area contributed by atoms with Crippen LogP contribution in [-0.2, 0) is 4.79 Å². The number of hydrogen-bond donors (Lipinski definition) is 2. The third-order valence-corrected chi connectivity index (χ3v) is 2.29. The maximum Gasteiger partial charge on any atom is 0.318 e.